The zero-order chi connectivity index (χ0) is 14.5. The van der Waals surface area contributed by atoms with Gasteiger partial charge in [-0.05, 0) is 48.6 Å². The fraction of sp³-hybridized carbons (Fsp3) is 0.467. The van der Waals surface area contributed by atoms with Crippen molar-refractivity contribution < 1.29 is 9.59 Å². The first-order chi connectivity index (χ1) is 9.60. The fourth-order valence-electron chi connectivity index (χ4n) is 2.15. The van der Waals surface area contributed by atoms with Crippen LogP contribution in [0.3, 0.4) is 0 Å². The minimum absolute atomic E-state index is 0.0116. The Balaban J connectivity index is 1.93. The van der Waals surface area contributed by atoms with Gasteiger partial charge in [-0.15, -0.1) is 0 Å². The lowest BCUT2D eigenvalue weighted by molar-refractivity contribution is -0.115. The van der Waals surface area contributed by atoms with Crippen LogP contribution in [0, 0.1) is 0 Å². The summed E-state index contributed by atoms with van der Waals surface area (Å²) in [5.41, 5.74) is 2.34. The Hall–Kier alpha value is -1.49. The molecule has 0 fully saturated rings. The standard InChI is InChI=1S/C15H20N2O2S/c1-3-20-7-6-10(2)16-15(19)11-4-5-13-12(8-11)9-14(18)17-13/h4-5,8,10H,3,6-7,9H2,1-2H3,(H,16,19)(H,17,18). The Bertz CT molecular complexity index is 517. The minimum Gasteiger partial charge on any atom is -0.350 e. The molecule has 1 aromatic carbocycles. The van der Waals surface area contributed by atoms with Crippen LogP contribution in [0.15, 0.2) is 18.2 Å². The summed E-state index contributed by atoms with van der Waals surface area (Å²) in [5.74, 6) is 2.08. The highest BCUT2D eigenvalue weighted by atomic mass is 32.2. The molecule has 0 saturated heterocycles. The van der Waals surface area contributed by atoms with E-state index in [1.165, 1.54) is 0 Å². The van der Waals surface area contributed by atoms with Gasteiger partial charge in [-0.1, -0.05) is 6.92 Å². The van der Waals surface area contributed by atoms with Crippen molar-refractivity contribution in [1.29, 1.82) is 0 Å². The van der Waals surface area contributed by atoms with Gasteiger partial charge < -0.3 is 10.6 Å². The van der Waals surface area contributed by atoms with E-state index in [2.05, 4.69) is 17.6 Å². The quantitative estimate of drug-likeness (QED) is 0.792. The minimum atomic E-state index is -0.0684. The van der Waals surface area contributed by atoms with Crippen LogP contribution in [0.5, 0.6) is 0 Å². The summed E-state index contributed by atoms with van der Waals surface area (Å²) in [4.78, 5) is 23.4. The van der Waals surface area contributed by atoms with Gasteiger partial charge in [0.15, 0.2) is 0 Å². The first kappa shape index (κ1) is 14.9. The summed E-state index contributed by atoms with van der Waals surface area (Å²) in [6.45, 7) is 4.15. The number of amides is 2. The Kier molecular flexibility index (Phi) is 5.06. The molecule has 0 bridgehead atoms. The van der Waals surface area contributed by atoms with Crippen LogP contribution in [0.4, 0.5) is 5.69 Å². The maximum atomic E-state index is 12.1. The highest BCUT2D eigenvalue weighted by molar-refractivity contribution is 7.99. The van der Waals surface area contributed by atoms with E-state index in [0.717, 1.165) is 29.2 Å². The van der Waals surface area contributed by atoms with E-state index in [1.807, 2.05) is 18.7 Å². The van der Waals surface area contributed by atoms with Crippen molar-refractivity contribution in [2.75, 3.05) is 16.8 Å². The van der Waals surface area contributed by atoms with Crippen LogP contribution in [-0.2, 0) is 11.2 Å². The number of carbonyl (C=O) groups excluding carboxylic acids is 2. The maximum absolute atomic E-state index is 12.1. The zero-order valence-electron chi connectivity index (χ0n) is 11.9. The molecule has 2 amide bonds. The van der Waals surface area contributed by atoms with E-state index >= 15 is 0 Å². The van der Waals surface area contributed by atoms with Crippen molar-refractivity contribution >= 4 is 29.3 Å². The summed E-state index contributed by atoms with van der Waals surface area (Å²) >= 11 is 1.88. The van der Waals surface area contributed by atoms with Gasteiger partial charge in [0.1, 0.15) is 0 Å². The molecule has 1 unspecified atom stereocenters. The van der Waals surface area contributed by atoms with Crippen LogP contribution in [0.2, 0.25) is 0 Å². The third-order valence-corrected chi connectivity index (χ3v) is 4.20. The SMILES string of the molecule is CCSCCC(C)NC(=O)c1ccc2c(c1)CC(=O)N2. The molecular weight excluding hydrogens is 272 g/mol. The van der Waals surface area contributed by atoms with Crippen molar-refractivity contribution in [1.82, 2.24) is 5.32 Å². The molecule has 1 atom stereocenters. The normalized spacial score (nSPS) is 14.6. The Morgan fingerprint density at radius 3 is 3.05 bits per heavy atom. The molecule has 0 saturated carbocycles. The van der Waals surface area contributed by atoms with Gasteiger partial charge in [-0.25, -0.2) is 0 Å². The molecular formula is C15H20N2O2S. The van der Waals surface area contributed by atoms with E-state index in [0.29, 0.717) is 12.0 Å². The topological polar surface area (TPSA) is 58.2 Å². The lowest BCUT2D eigenvalue weighted by Crippen LogP contribution is -2.33. The van der Waals surface area contributed by atoms with Crippen LogP contribution >= 0.6 is 11.8 Å². The molecule has 1 aromatic rings. The van der Waals surface area contributed by atoms with Gasteiger partial charge in [0, 0.05) is 17.3 Å². The third-order valence-electron chi connectivity index (χ3n) is 3.27. The second kappa shape index (κ2) is 6.79. The first-order valence-electron chi connectivity index (χ1n) is 6.91. The number of anilines is 1. The van der Waals surface area contributed by atoms with E-state index in [9.17, 15) is 9.59 Å². The molecule has 20 heavy (non-hydrogen) atoms. The monoisotopic (exact) mass is 292 g/mol. The maximum Gasteiger partial charge on any atom is 0.251 e. The molecule has 1 aliphatic heterocycles. The number of thioether (sulfide) groups is 1. The Morgan fingerprint density at radius 1 is 1.50 bits per heavy atom. The summed E-state index contributed by atoms with van der Waals surface area (Å²) in [6.07, 6.45) is 1.33. The van der Waals surface area contributed by atoms with Crippen LogP contribution in [0.1, 0.15) is 36.2 Å². The van der Waals surface area contributed by atoms with E-state index in [1.54, 1.807) is 18.2 Å². The Labute approximate surface area is 123 Å². The second-order valence-electron chi connectivity index (χ2n) is 4.96. The second-order valence-corrected chi connectivity index (χ2v) is 6.35. The lowest BCUT2D eigenvalue weighted by Gasteiger charge is -2.14. The fourth-order valence-corrected chi connectivity index (χ4v) is 2.96. The molecule has 5 heteroatoms. The van der Waals surface area contributed by atoms with Gasteiger partial charge in [0.05, 0.1) is 6.42 Å². The molecule has 108 valence electrons. The Morgan fingerprint density at radius 2 is 2.30 bits per heavy atom. The van der Waals surface area contributed by atoms with Gasteiger partial charge in [-0.3, -0.25) is 9.59 Å². The van der Waals surface area contributed by atoms with E-state index in [-0.39, 0.29) is 17.9 Å². The number of fused-ring (bicyclic) bond motifs is 1. The predicted molar refractivity (Wildman–Crippen MR) is 83.3 cm³/mol. The van der Waals surface area contributed by atoms with Gasteiger partial charge in [0.2, 0.25) is 5.91 Å². The number of hydrogen-bond donors (Lipinski definition) is 2. The molecule has 0 aromatic heterocycles. The van der Waals surface area contributed by atoms with E-state index < -0.39 is 0 Å². The first-order valence-corrected chi connectivity index (χ1v) is 8.07. The lowest BCUT2D eigenvalue weighted by atomic mass is 10.1. The summed E-state index contributed by atoms with van der Waals surface area (Å²) in [7, 11) is 0. The average molecular weight is 292 g/mol. The predicted octanol–water partition coefficient (Wildman–Crippen LogP) is 2.44. The van der Waals surface area contributed by atoms with Crippen molar-refractivity contribution in [2.45, 2.75) is 32.7 Å². The van der Waals surface area contributed by atoms with Gasteiger partial charge >= 0.3 is 0 Å². The number of carbonyl (C=O) groups is 2. The zero-order valence-corrected chi connectivity index (χ0v) is 12.7. The number of rotatable bonds is 6. The molecule has 1 heterocycles. The number of nitrogens with one attached hydrogen (secondary N) is 2. The number of hydrogen-bond acceptors (Lipinski definition) is 3. The van der Waals surface area contributed by atoms with Crippen molar-refractivity contribution in [2.24, 2.45) is 0 Å². The number of benzene rings is 1. The third kappa shape index (κ3) is 3.76. The average Bonchev–Trinajstić information content (AvgIpc) is 2.77. The summed E-state index contributed by atoms with van der Waals surface area (Å²) in [6, 6.07) is 5.52. The molecule has 1 aliphatic rings. The van der Waals surface area contributed by atoms with Crippen LogP contribution < -0.4 is 10.6 Å². The van der Waals surface area contributed by atoms with Gasteiger partial charge in [-0.2, -0.15) is 11.8 Å². The van der Waals surface area contributed by atoms with Crippen LogP contribution in [0.25, 0.3) is 0 Å². The van der Waals surface area contributed by atoms with Crippen molar-refractivity contribution in [3.8, 4) is 0 Å². The summed E-state index contributed by atoms with van der Waals surface area (Å²) in [5, 5.41) is 5.77. The molecule has 4 nitrogen and oxygen atoms in total. The van der Waals surface area contributed by atoms with Crippen molar-refractivity contribution in [3.05, 3.63) is 29.3 Å². The molecule has 0 radical (unpaired) electrons. The van der Waals surface area contributed by atoms with Crippen LogP contribution in [-0.4, -0.2) is 29.4 Å². The highest BCUT2D eigenvalue weighted by Gasteiger charge is 2.19. The molecule has 2 N–H and O–H groups in total. The molecule has 0 aliphatic carbocycles. The van der Waals surface area contributed by atoms with Crippen molar-refractivity contribution in [3.63, 3.8) is 0 Å². The molecule has 0 spiro atoms. The highest BCUT2D eigenvalue weighted by Crippen LogP contribution is 2.23. The summed E-state index contributed by atoms with van der Waals surface area (Å²) < 4.78 is 0. The largest absolute Gasteiger partial charge is 0.350 e. The van der Waals surface area contributed by atoms with Gasteiger partial charge in [0.25, 0.3) is 5.91 Å². The smallest absolute Gasteiger partial charge is 0.251 e. The van der Waals surface area contributed by atoms with E-state index in [4.69, 9.17) is 0 Å². The molecule has 2 rings (SSSR count).